The van der Waals surface area contributed by atoms with Crippen LogP contribution >= 0.6 is 11.6 Å². The molecule has 0 aromatic carbocycles. The third-order valence-electron chi connectivity index (χ3n) is 3.32. The Bertz CT molecular complexity index is 437. The molecule has 0 bridgehead atoms. The first-order chi connectivity index (χ1) is 8.11. The largest absolute Gasteiger partial charge is 0.389 e. The Labute approximate surface area is 107 Å². The molecule has 0 amide bonds. The number of aliphatic hydroxyl groups excluding tert-OH is 1. The fraction of sp³-hybridized carbons (Fsp3) is 0.615. The quantitative estimate of drug-likeness (QED) is 0.843. The number of hydrogen-bond donors (Lipinski definition) is 1. The van der Waals surface area contributed by atoms with Gasteiger partial charge in [-0.15, -0.1) is 0 Å². The van der Waals surface area contributed by atoms with E-state index in [0.717, 1.165) is 48.5 Å². The van der Waals surface area contributed by atoms with Gasteiger partial charge in [-0.2, -0.15) is 5.10 Å². The van der Waals surface area contributed by atoms with Crippen molar-refractivity contribution in [3.8, 4) is 0 Å². The zero-order valence-electron chi connectivity index (χ0n) is 10.4. The van der Waals surface area contributed by atoms with Crippen molar-refractivity contribution in [2.24, 2.45) is 7.05 Å². The van der Waals surface area contributed by atoms with Gasteiger partial charge in [0.05, 0.1) is 22.5 Å². The normalized spacial score (nSPS) is 20.5. The van der Waals surface area contributed by atoms with Crippen molar-refractivity contribution in [1.82, 2.24) is 9.78 Å². The van der Waals surface area contributed by atoms with Crippen molar-refractivity contribution in [3.05, 3.63) is 28.1 Å². The van der Waals surface area contributed by atoms with E-state index in [4.69, 9.17) is 11.6 Å². The molecule has 1 unspecified atom stereocenters. The topological polar surface area (TPSA) is 38.0 Å². The van der Waals surface area contributed by atoms with Gasteiger partial charge in [-0.3, -0.25) is 4.68 Å². The highest BCUT2D eigenvalue weighted by atomic mass is 35.5. The third kappa shape index (κ3) is 2.72. The van der Waals surface area contributed by atoms with E-state index in [1.165, 1.54) is 5.57 Å². The second kappa shape index (κ2) is 5.23. The Hall–Kier alpha value is -0.800. The molecular formula is C13H19ClN2O. The predicted molar refractivity (Wildman–Crippen MR) is 69.2 cm³/mol. The van der Waals surface area contributed by atoms with E-state index in [2.05, 4.69) is 12.0 Å². The van der Waals surface area contributed by atoms with Gasteiger partial charge in [0.15, 0.2) is 0 Å². The molecule has 0 aliphatic heterocycles. The highest BCUT2D eigenvalue weighted by Gasteiger charge is 2.17. The molecule has 2 rings (SSSR count). The maximum atomic E-state index is 9.62. The van der Waals surface area contributed by atoms with Gasteiger partial charge in [0.1, 0.15) is 0 Å². The molecule has 0 saturated heterocycles. The molecule has 1 heterocycles. The van der Waals surface area contributed by atoms with Crippen LogP contribution in [0.4, 0.5) is 0 Å². The van der Waals surface area contributed by atoms with Crippen LogP contribution in [0.2, 0.25) is 5.02 Å². The lowest BCUT2D eigenvalue weighted by Gasteiger charge is -2.17. The second-order valence-corrected chi connectivity index (χ2v) is 5.02. The van der Waals surface area contributed by atoms with Gasteiger partial charge in [-0.25, -0.2) is 0 Å². The number of aromatic nitrogens is 2. The van der Waals surface area contributed by atoms with Crippen LogP contribution in [0.5, 0.6) is 0 Å². The summed E-state index contributed by atoms with van der Waals surface area (Å²) in [7, 11) is 1.93. The van der Waals surface area contributed by atoms with E-state index in [9.17, 15) is 5.11 Å². The van der Waals surface area contributed by atoms with Crippen molar-refractivity contribution in [1.29, 1.82) is 0 Å². The fourth-order valence-electron chi connectivity index (χ4n) is 2.35. The summed E-state index contributed by atoms with van der Waals surface area (Å²) < 4.78 is 1.86. The molecule has 17 heavy (non-hydrogen) atoms. The molecule has 94 valence electrons. The summed E-state index contributed by atoms with van der Waals surface area (Å²) >= 11 is 6.31. The monoisotopic (exact) mass is 254 g/mol. The second-order valence-electron chi connectivity index (χ2n) is 4.65. The van der Waals surface area contributed by atoms with Crippen molar-refractivity contribution in [3.63, 3.8) is 0 Å². The van der Waals surface area contributed by atoms with Gasteiger partial charge in [-0.05, 0) is 25.7 Å². The Morgan fingerprint density at radius 2 is 2.35 bits per heavy atom. The van der Waals surface area contributed by atoms with Crippen LogP contribution in [0.1, 0.15) is 37.6 Å². The Morgan fingerprint density at radius 1 is 1.59 bits per heavy atom. The Morgan fingerprint density at radius 3 is 2.94 bits per heavy atom. The molecule has 4 heteroatoms. The molecule has 1 N–H and O–H groups in total. The van der Waals surface area contributed by atoms with Crippen LogP contribution in [0, 0.1) is 0 Å². The summed E-state index contributed by atoms with van der Waals surface area (Å²) in [6, 6.07) is 0. The molecule has 1 aliphatic carbocycles. The lowest BCUT2D eigenvalue weighted by molar-refractivity contribution is 0.201. The minimum Gasteiger partial charge on any atom is -0.389 e. The first kappa shape index (κ1) is 12.7. The zero-order chi connectivity index (χ0) is 12.4. The number of halogens is 1. The molecule has 1 atom stereocenters. The highest BCUT2D eigenvalue weighted by molar-refractivity contribution is 6.31. The number of aryl methyl sites for hydroxylation is 2. The van der Waals surface area contributed by atoms with E-state index in [1.54, 1.807) is 0 Å². The molecule has 1 aromatic heterocycles. The summed E-state index contributed by atoms with van der Waals surface area (Å²) in [6.45, 7) is 2.06. The van der Waals surface area contributed by atoms with Crippen LogP contribution in [-0.4, -0.2) is 21.0 Å². The van der Waals surface area contributed by atoms with Crippen LogP contribution in [0.3, 0.4) is 0 Å². The standard InChI is InChI=1S/C13H19ClN2O/c1-3-11-13(14)12(16(2)15-11)8-9-5-4-6-10(17)7-9/h7,10,17H,3-6,8H2,1-2H3. The van der Waals surface area contributed by atoms with Gasteiger partial charge in [0.25, 0.3) is 0 Å². The van der Waals surface area contributed by atoms with Gasteiger partial charge >= 0.3 is 0 Å². The third-order valence-corrected chi connectivity index (χ3v) is 3.76. The van der Waals surface area contributed by atoms with E-state index in [1.807, 2.05) is 17.8 Å². The molecule has 1 aromatic rings. The van der Waals surface area contributed by atoms with E-state index in [-0.39, 0.29) is 6.10 Å². The smallest absolute Gasteiger partial charge is 0.0853 e. The number of aliphatic hydroxyl groups is 1. The average Bonchev–Trinajstić information content (AvgIpc) is 2.56. The van der Waals surface area contributed by atoms with Crippen LogP contribution in [-0.2, 0) is 19.9 Å². The van der Waals surface area contributed by atoms with E-state index in [0.29, 0.717) is 0 Å². The first-order valence-electron chi connectivity index (χ1n) is 6.19. The highest BCUT2D eigenvalue weighted by Crippen LogP contribution is 2.27. The van der Waals surface area contributed by atoms with Crippen molar-refractivity contribution in [2.45, 2.75) is 45.1 Å². The Kier molecular flexibility index (Phi) is 3.89. The minimum absolute atomic E-state index is 0.281. The molecule has 0 fully saturated rings. The Balaban J connectivity index is 2.21. The maximum Gasteiger partial charge on any atom is 0.0853 e. The van der Waals surface area contributed by atoms with Crippen LogP contribution < -0.4 is 0 Å². The fourth-order valence-corrected chi connectivity index (χ4v) is 2.71. The molecular weight excluding hydrogens is 236 g/mol. The van der Waals surface area contributed by atoms with Gasteiger partial charge < -0.3 is 5.11 Å². The molecule has 0 radical (unpaired) electrons. The molecule has 1 aliphatic rings. The maximum absolute atomic E-state index is 9.62. The summed E-state index contributed by atoms with van der Waals surface area (Å²) in [5.74, 6) is 0. The minimum atomic E-state index is -0.281. The first-order valence-corrected chi connectivity index (χ1v) is 6.57. The van der Waals surface area contributed by atoms with Crippen LogP contribution in [0.15, 0.2) is 11.6 Å². The summed E-state index contributed by atoms with van der Waals surface area (Å²) in [6.07, 6.45) is 6.34. The average molecular weight is 255 g/mol. The van der Waals surface area contributed by atoms with Crippen LogP contribution in [0.25, 0.3) is 0 Å². The van der Waals surface area contributed by atoms with Gasteiger partial charge in [0.2, 0.25) is 0 Å². The number of nitrogens with zero attached hydrogens (tertiary/aromatic N) is 2. The molecule has 0 spiro atoms. The van der Waals surface area contributed by atoms with E-state index < -0.39 is 0 Å². The number of allylic oxidation sites excluding steroid dienone is 1. The SMILES string of the molecule is CCc1nn(C)c(CC2=CC(O)CCC2)c1Cl. The summed E-state index contributed by atoms with van der Waals surface area (Å²) in [4.78, 5) is 0. The van der Waals surface area contributed by atoms with Crippen molar-refractivity contribution < 1.29 is 5.11 Å². The lowest BCUT2D eigenvalue weighted by atomic mass is 9.94. The molecule has 3 nitrogen and oxygen atoms in total. The lowest BCUT2D eigenvalue weighted by Crippen LogP contribution is -2.11. The van der Waals surface area contributed by atoms with E-state index >= 15 is 0 Å². The van der Waals surface area contributed by atoms with Gasteiger partial charge in [-0.1, -0.05) is 30.2 Å². The zero-order valence-corrected chi connectivity index (χ0v) is 11.2. The predicted octanol–water partition coefficient (Wildman–Crippen LogP) is 2.65. The molecule has 0 saturated carbocycles. The van der Waals surface area contributed by atoms with Crippen molar-refractivity contribution in [2.75, 3.05) is 0 Å². The summed E-state index contributed by atoms with van der Waals surface area (Å²) in [5, 5.41) is 14.8. The van der Waals surface area contributed by atoms with Gasteiger partial charge in [0, 0.05) is 13.5 Å². The number of rotatable bonds is 3. The number of hydrogen-bond acceptors (Lipinski definition) is 2. The van der Waals surface area contributed by atoms with Crippen molar-refractivity contribution >= 4 is 11.6 Å². The summed E-state index contributed by atoms with van der Waals surface area (Å²) in [5.41, 5.74) is 3.29.